The van der Waals surface area contributed by atoms with Gasteiger partial charge in [-0.05, 0) is 81.6 Å². The Morgan fingerprint density at radius 2 is 1.13 bits per heavy atom. The third-order valence-corrected chi connectivity index (χ3v) is 7.86. The van der Waals surface area contributed by atoms with E-state index in [1.807, 2.05) is 39.8 Å². The van der Waals surface area contributed by atoms with Gasteiger partial charge in [0.1, 0.15) is 0 Å². The van der Waals surface area contributed by atoms with Gasteiger partial charge in [0.15, 0.2) is 0 Å². The zero-order chi connectivity index (χ0) is 23.0. The number of aryl methyl sites for hydroxylation is 5. The van der Waals surface area contributed by atoms with Crippen LogP contribution in [0.2, 0.25) is 0 Å². The molecule has 0 bridgehead atoms. The lowest BCUT2D eigenvalue weighted by Gasteiger charge is -2.15. The SMILES string of the molecule is Cc1ccc(S(=O)(=O)Nc2ccc(S(=O)(=O)Nc3c(C)cc(C)cc3C)cc2)c(C)c1. The fraction of sp³-hybridized carbons (Fsp3) is 0.217. The van der Waals surface area contributed by atoms with Gasteiger partial charge in [-0.1, -0.05) is 35.4 Å². The van der Waals surface area contributed by atoms with Crippen molar-refractivity contribution in [2.45, 2.75) is 44.4 Å². The first-order valence-corrected chi connectivity index (χ1v) is 12.7. The molecule has 3 aromatic rings. The molecule has 6 nitrogen and oxygen atoms in total. The Kier molecular flexibility index (Phi) is 6.16. The topological polar surface area (TPSA) is 92.3 Å². The second-order valence-electron chi connectivity index (χ2n) is 7.78. The van der Waals surface area contributed by atoms with Gasteiger partial charge in [0.25, 0.3) is 20.0 Å². The van der Waals surface area contributed by atoms with Crippen molar-refractivity contribution in [2.24, 2.45) is 0 Å². The lowest BCUT2D eigenvalue weighted by Crippen LogP contribution is -2.16. The zero-order valence-corrected chi connectivity index (χ0v) is 19.8. The summed E-state index contributed by atoms with van der Waals surface area (Å²) in [6, 6.07) is 14.5. The molecule has 0 saturated heterocycles. The highest BCUT2D eigenvalue weighted by Crippen LogP contribution is 2.26. The van der Waals surface area contributed by atoms with E-state index in [0.29, 0.717) is 11.3 Å². The molecular weight excluding hydrogens is 432 g/mol. The fourth-order valence-corrected chi connectivity index (χ4v) is 6.04. The molecule has 0 radical (unpaired) electrons. The molecule has 0 atom stereocenters. The molecule has 0 heterocycles. The monoisotopic (exact) mass is 458 g/mol. The summed E-state index contributed by atoms with van der Waals surface area (Å²) in [5.41, 5.74) is 5.15. The van der Waals surface area contributed by atoms with E-state index < -0.39 is 20.0 Å². The van der Waals surface area contributed by atoms with Crippen LogP contribution >= 0.6 is 0 Å². The van der Waals surface area contributed by atoms with Crippen molar-refractivity contribution in [3.8, 4) is 0 Å². The molecule has 0 spiro atoms. The van der Waals surface area contributed by atoms with Gasteiger partial charge in [-0.2, -0.15) is 0 Å². The predicted molar refractivity (Wildman–Crippen MR) is 125 cm³/mol. The molecule has 0 aliphatic heterocycles. The first kappa shape index (κ1) is 22.8. The Morgan fingerprint density at radius 3 is 1.68 bits per heavy atom. The first-order chi connectivity index (χ1) is 14.4. The zero-order valence-electron chi connectivity index (χ0n) is 18.1. The molecule has 0 unspecified atom stereocenters. The molecule has 8 heteroatoms. The molecule has 164 valence electrons. The third-order valence-electron chi connectivity index (χ3n) is 4.95. The first-order valence-electron chi connectivity index (χ1n) is 9.70. The van der Waals surface area contributed by atoms with Crippen LogP contribution in [0.3, 0.4) is 0 Å². The van der Waals surface area contributed by atoms with Crippen LogP contribution in [0.4, 0.5) is 11.4 Å². The van der Waals surface area contributed by atoms with Crippen LogP contribution in [0.25, 0.3) is 0 Å². The van der Waals surface area contributed by atoms with E-state index in [4.69, 9.17) is 0 Å². The lowest BCUT2D eigenvalue weighted by atomic mass is 10.1. The molecular formula is C23H26N2O4S2. The molecule has 0 aliphatic carbocycles. The average Bonchev–Trinajstić information content (AvgIpc) is 2.64. The highest BCUT2D eigenvalue weighted by Gasteiger charge is 2.19. The molecule has 0 fully saturated rings. The van der Waals surface area contributed by atoms with Crippen LogP contribution in [0.1, 0.15) is 27.8 Å². The summed E-state index contributed by atoms with van der Waals surface area (Å²) >= 11 is 0. The quantitative estimate of drug-likeness (QED) is 0.553. The lowest BCUT2D eigenvalue weighted by molar-refractivity contribution is 0.599. The van der Waals surface area contributed by atoms with Crippen molar-refractivity contribution in [3.05, 3.63) is 82.4 Å². The molecule has 3 aromatic carbocycles. The van der Waals surface area contributed by atoms with E-state index in [1.54, 1.807) is 25.1 Å². The van der Waals surface area contributed by atoms with Crippen molar-refractivity contribution in [1.82, 2.24) is 0 Å². The maximum atomic E-state index is 12.8. The predicted octanol–water partition coefficient (Wildman–Crippen LogP) is 4.83. The van der Waals surface area contributed by atoms with Gasteiger partial charge < -0.3 is 0 Å². The molecule has 2 N–H and O–H groups in total. The van der Waals surface area contributed by atoms with E-state index in [-0.39, 0.29) is 15.5 Å². The van der Waals surface area contributed by atoms with Crippen molar-refractivity contribution < 1.29 is 16.8 Å². The van der Waals surface area contributed by atoms with Crippen LogP contribution in [-0.4, -0.2) is 16.8 Å². The summed E-state index contributed by atoms with van der Waals surface area (Å²) in [4.78, 5) is 0.225. The van der Waals surface area contributed by atoms with E-state index in [9.17, 15) is 16.8 Å². The summed E-state index contributed by atoms with van der Waals surface area (Å²) in [7, 11) is -7.61. The van der Waals surface area contributed by atoms with Gasteiger partial charge in [0, 0.05) is 5.69 Å². The minimum absolute atomic E-state index is 0.0429. The Labute approximate surface area is 184 Å². The maximum Gasteiger partial charge on any atom is 0.262 e. The van der Waals surface area contributed by atoms with Gasteiger partial charge in [0.05, 0.1) is 15.5 Å². The number of anilines is 2. The number of benzene rings is 3. The third kappa shape index (κ3) is 5.08. The smallest absolute Gasteiger partial charge is 0.262 e. The Hall–Kier alpha value is -2.84. The van der Waals surface area contributed by atoms with Gasteiger partial charge in [0.2, 0.25) is 0 Å². The summed E-state index contributed by atoms with van der Waals surface area (Å²) in [6.07, 6.45) is 0. The number of sulfonamides is 2. The van der Waals surface area contributed by atoms with Crippen molar-refractivity contribution in [3.63, 3.8) is 0 Å². The van der Waals surface area contributed by atoms with E-state index in [2.05, 4.69) is 9.44 Å². The molecule has 3 rings (SSSR count). The second-order valence-corrected chi connectivity index (χ2v) is 11.1. The second kappa shape index (κ2) is 8.36. The van der Waals surface area contributed by atoms with Crippen LogP contribution in [0, 0.1) is 34.6 Å². The van der Waals surface area contributed by atoms with E-state index >= 15 is 0 Å². The van der Waals surface area contributed by atoms with E-state index in [0.717, 1.165) is 22.3 Å². The molecule has 0 aromatic heterocycles. The highest BCUT2D eigenvalue weighted by atomic mass is 32.2. The number of rotatable bonds is 6. The molecule has 0 aliphatic rings. The Balaban J connectivity index is 1.84. The van der Waals surface area contributed by atoms with E-state index in [1.165, 1.54) is 24.3 Å². The van der Waals surface area contributed by atoms with Gasteiger partial charge >= 0.3 is 0 Å². The molecule has 31 heavy (non-hydrogen) atoms. The van der Waals surface area contributed by atoms with Crippen molar-refractivity contribution in [2.75, 3.05) is 9.44 Å². The standard InChI is InChI=1S/C23H26N2O4S2/c1-15-6-11-22(17(3)12-15)31(28,29)24-20-7-9-21(10-8-20)30(26,27)25-23-18(4)13-16(2)14-19(23)5/h6-14,24-25H,1-5H3. The summed E-state index contributed by atoms with van der Waals surface area (Å²) < 4.78 is 56.2. The van der Waals surface area contributed by atoms with Crippen molar-refractivity contribution >= 4 is 31.4 Å². The normalized spacial score (nSPS) is 11.9. The summed E-state index contributed by atoms with van der Waals surface area (Å²) in [5, 5.41) is 0. The summed E-state index contributed by atoms with van der Waals surface area (Å²) in [5.74, 6) is 0. The van der Waals surface area contributed by atoms with Gasteiger partial charge in [-0.15, -0.1) is 0 Å². The summed E-state index contributed by atoms with van der Waals surface area (Å²) in [6.45, 7) is 9.28. The maximum absolute atomic E-state index is 12.8. The average molecular weight is 459 g/mol. The highest BCUT2D eigenvalue weighted by molar-refractivity contribution is 7.93. The molecule has 0 saturated carbocycles. The minimum Gasteiger partial charge on any atom is -0.280 e. The van der Waals surface area contributed by atoms with Gasteiger partial charge in [-0.25, -0.2) is 16.8 Å². The molecule has 0 amide bonds. The Morgan fingerprint density at radius 1 is 0.581 bits per heavy atom. The number of hydrogen-bond acceptors (Lipinski definition) is 4. The number of nitrogens with one attached hydrogen (secondary N) is 2. The largest absolute Gasteiger partial charge is 0.280 e. The van der Waals surface area contributed by atoms with Gasteiger partial charge in [-0.3, -0.25) is 9.44 Å². The van der Waals surface area contributed by atoms with Crippen LogP contribution in [0.5, 0.6) is 0 Å². The fourth-order valence-electron chi connectivity index (χ4n) is 3.55. The van der Waals surface area contributed by atoms with Crippen LogP contribution < -0.4 is 9.44 Å². The minimum atomic E-state index is -3.82. The van der Waals surface area contributed by atoms with Crippen LogP contribution in [0.15, 0.2) is 64.4 Å². The number of hydrogen-bond donors (Lipinski definition) is 2. The Bertz CT molecular complexity index is 1320. The van der Waals surface area contributed by atoms with Crippen LogP contribution in [-0.2, 0) is 20.0 Å². The van der Waals surface area contributed by atoms with Crippen molar-refractivity contribution in [1.29, 1.82) is 0 Å².